The maximum atomic E-state index is 6.49. The minimum absolute atomic E-state index is 0.495. The highest BCUT2D eigenvalue weighted by molar-refractivity contribution is 6.09. The molecule has 12 aromatic carbocycles. The van der Waals surface area contributed by atoms with Crippen LogP contribution in [-0.4, -0.2) is 0 Å². The van der Waals surface area contributed by atoms with E-state index in [1.165, 1.54) is 66.8 Å². The molecule has 2 aliphatic carbocycles. The summed E-state index contributed by atoms with van der Waals surface area (Å²) in [5, 5.41) is 2.26. The van der Waals surface area contributed by atoms with Crippen molar-refractivity contribution >= 4 is 39.0 Å². The summed E-state index contributed by atoms with van der Waals surface area (Å²) in [7, 11) is 0. The van der Waals surface area contributed by atoms with Gasteiger partial charge in [-0.1, -0.05) is 249 Å². The summed E-state index contributed by atoms with van der Waals surface area (Å²) >= 11 is 0. The Morgan fingerprint density at radius 2 is 0.618 bits per heavy atom. The fourth-order valence-corrected chi connectivity index (χ4v) is 13.2. The molecule has 0 saturated heterocycles. The molecule has 15 rings (SSSR count). The third-order valence-corrected chi connectivity index (χ3v) is 16.5. The van der Waals surface area contributed by atoms with Gasteiger partial charge in [-0.3, -0.25) is 0 Å². The Morgan fingerprint density at radius 3 is 1.12 bits per heavy atom. The van der Waals surface area contributed by atoms with E-state index < -0.39 is 10.8 Å². The SMILES string of the molecule is c1ccc(C2(c3ccc(N(c4ccc(-c5cccc(-c6cccc7c6oc6ccccc67)c5)cc4)c4ccc(C5(c6ccccc6)c6ccccc6-c6ccccc65)cc4)cc3)c3ccccc3-c3ccccc32)cc1. The Balaban J connectivity index is 0.871. The van der Waals surface area contributed by atoms with Crippen LogP contribution in [0.3, 0.4) is 0 Å². The number of benzene rings is 12. The van der Waals surface area contributed by atoms with Crippen molar-refractivity contribution in [2.24, 2.45) is 0 Å². The number of para-hydroxylation sites is 2. The second kappa shape index (κ2) is 17.4. The highest BCUT2D eigenvalue weighted by Gasteiger charge is 2.47. The summed E-state index contributed by atoms with van der Waals surface area (Å²) in [6.45, 7) is 0. The van der Waals surface area contributed by atoms with Gasteiger partial charge >= 0.3 is 0 Å². The molecule has 2 nitrogen and oxygen atoms in total. The molecule has 0 radical (unpaired) electrons. The molecule has 0 bridgehead atoms. The van der Waals surface area contributed by atoms with Gasteiger partial charge < -0.3 is 9.32 Å². The van der Waals surface area contributed by atoms with Crippen molar-refractivity contribution in [3.8, 4) is 44.5 Å². The minimum Gasteiger partial charge on any atom is -0.455 e. The average molecular weight is 968 g/mol. The van der Waals surface area contributed by atoms with Crippen molar-refractivity contribution in [1.82, 2.24) is 0 Å². The van der Waals surface area contributed by atoms with Gasteiger partial charge in [0.15, 0.2) is 0 Å². The van der Waals surface area contributed by atoms with E-state index in [2.05, 4.69) is 290 Å². The quantitative estimate of drug-likeness (QED) is 0.143. The summed E-state index contributed by atoms with van der Waals surface area (Å²) in [5.41, 5.74) is 23.8. The van der Waals surface area contributed by atoms with Crippen LogP contribution in [0.2, 0.25) is 0 Å². The molecule has 0 saturated carbocycles. The molecule has 76 heavy (non-hydrogen) atoms. The van der Waals surface area contributed by atoms with E-state index in [4.69, 9.17) is 4.42 Å². The van der Waals surface area contributed by atoms with Gasteiger partial charge in [0.05, 0.1) is 10.8 Å². The predicted molar refractivity (Wildman–Crippen MR) is 314 cm³/mol. The molecule has 0 aliphatic heterocycles. The van der Waals surface area contributed by atoms with Crippen LogP contribution < -0.4 is 4.90 Å². The lowest BCUT2D eigenvalue weighted by atomic mass is 9.67. The van der Waals surface area contributed by atoms with E-state index in [-0.39, 0.29) is 0 Å². The van der Waals surface area contributed by atoms with Crippen LogP contribution in [-0.2, 0) is 10.8 Å². The highest BCUT2D eigenvalue weighted by Crippen LogP contribution is 2.58. The molecule has 0 fully saturated rings. The standard InChI is InChI=1S/C74H49NO/c1-3-21-53(22-4-1)73(67-32-12-7-25-61(67)62-26-8-13-33-68(62)73)55-39-45-58(46-40-55)75(57-43-37-50(38-44-57)51-19-17-20-52(49-51)60-30-18-31-66-65-29-11-16-36-71(65)76-72(60)66)59-47-41-56(42-48-59)74(54-23-5-2-6-24-54)69-34-14-9-27-63(69)64-28-10-15-35-70(64)74/h1-49H. The minimum atomic E-state index is -0.495. The lowest BCUT2D eigenvalue weighted by Gasteiger charge is -2.35. The molecule has 0 N–H and O–H groups in total. The Morgan fingerprint density at radius 1 is 0.250 bits per heavy atom. The number of hydrogen-bond acceptors (Lipinski definition) is 2. The maximum Gasteiger partial charge on any atom is 0.143 e. The van der Waals surface area contributed by atoms with Gasteiger partial charge in [0.25, 0.3) is 0 Å². The molecule has 0 atom stereocenters. The molecule has 13 aromatic rings. The van der Waals surface area contributed by atoms with Crippen LogP contribution in [0.5, 0.6) is 0 Å². The van der Waals surface area contributed by atoms with Crippen molar-refractivity contribution in [2.75, 3.05) is 4.90 Å². The molecule has 2 heteroatoms. The van der Waals surface area contributed by atoms with Crippen molar-refractivity contribution in [1.29, 1.82) is 0 Å². The summed E-state index contributed by atoms with van der Waals surface area (Å²) in [6.07, 6.45) is 0. The molecule has 0 amide bonds. The second-order valence-corrected chi connectivity index (χ2v) is 20.3. The monoisotopic (exact) mass is 967 g/mol. The molecular formula is C74H49NO. The Kier molecular flexibility index (Phi) is 10.0. The molecule has 0 unspecified atom stereocenters. The van der Waals surface area contributed by atoms with Gasteiger partial charge in [0.1, 0.15) is 11.2 Å². The summed E-state index contributed by atoms with van der Waals surface area (Å²) in [4.78, 5) is 2.41. The van der Waals surface area contributed by atoms with Gasteiger partial charge in [0, 0.05) is 33.4 Å². The van der Waals surface area contributed by atoms with Crippen molar-refractivity contribution in [3.63, 3.8) is 0 Å². The largest absolute Gasteiger partial charge is 0.455 e. The van der Waals surface area contributed by atoms with Crippen LogP contribution >= 0.6 is 0 Å². The number of fused-ring (bicyclic) bond motifs is 9. The number of hydrogen-bond donors (Lipinski definition) is 0. The molecule has 1 aromatic heterocycles. The molecule has 356 valence electrons. The van der Waals surface area contributed by atoms with E-state index >= 15 is 0 Å². The fourth-order valence-electron chi connectivity index (χ4n) is 13.2. The van der Waals surface area contributed by atoms with Crippen LogP contribution in [0.1, 0.15) is 44.5 Å². The molecule has 0 spiro atoms. The maximum absolute atomic E-state index is 6.49. The lowest BCUT2D eigenvalue weighted by molar-refractivity contribution is 0.670. The fraction of sp³-hybridized carbons (Fsp3) is 0.0270. The van der Waals surface area contributed by atoms with Gasteiger partial charge in [0.2, 0.25) is 0 Å². The Bertz CT molecular complexity index is 4050. The van der Waals surface area contributed by atoms with Crippen LogP contribution in [0, 0.1) is 0 Å². The Hall–Kier alpha value is -9.76. The zero-order valence-corrected chi connectivity index (χ0v) is 41.6. The van der Waals surface area contributed by atoms with Crippen LogP contribution in [0.25, 0.3) is 66.4 Å². The number of furan rings is 1. The number of anilines is 3. The zero-order chi connectivity index (χ0) is 50.2. The highest BCUT2D eigenvalue weighted by atomic mass is 16.3. The van der Waals surface area contributed by atoms with Crippen molar-refractivity contribution in [2.45, 2.75) is 10.8 Å². The summed E-state index contributed by atoms with van der Waals surface area (Å²) < 4.78 is 6.49. The number of nitrogens with zero attached hydrogens (tertiary/aromatic N) is 1. The normalized spacial score (nSPS) is 13.5. The third-order valence-electron chi connectivity index (χ3n) is 16.5. The number of rotatable bonds is 9. The van der Waals surface area contributed by atoms with Crippen LogP contribution in [0.15, 0.2) is 302 Å². The van der Waals surface area contributed by atoms with E-state index in [1.807, 2.05) is 12.1 Å². The topological polar surface area (TPSA) is 16.4 Å². The summed E-state index contributed by atoms with van der Waals surface area (Å²) in [6, 6.07) is 109. The molecule has 2 aliphatic rings. The first kappa shape index (κ1) is 43.8. The first-order chi connectivity index (χ1) is 37.7. The van der Waals surface area contributed by atoms with Crippen molar-refractivity contribution < 1.29 is 4.42 Å². The van der Waals surface area contributed by atoms with Gasteiger partial charge in [-0.2, -0.15) is 0 Å². The van der Waals surface area contributed by atoms with Gasteiger partial charge in [-0.15, -0.1) is 0 Å². The summed E-state index contributed by atoms with van der Waals surface area (Å²) in [5.74, 6) is 0. The van der Waals surface area contributed by atoms with E-state index in [9.17, 15) is 0 Å². The van der Waals surface area contributed by atoms with E-state index in [0.717, 1.165) is 61.3 Å². The Labute approximate surface area is 443 Å². The first-order valence-corrected chi connectivity index (χ1v) is 26.3. The van der Waals surface area contributed by atoms with E-state index in [1.54, 1.807) is 0 Å². The molecule has 1 heterocycles. The second-order valence-electron chi connectivity index (χ2n) is 20.3. The van der Waals surface area contributed by atoms with Crippen molar-refractivity contribution in [3.05, 3.63) is 342 Å². The van der Waals surface area contributed by atoms with Gasteiger partial charge in [-0.05, 0) is 132 Å². The van der Waals surface area contributed by atoms with Crippen LogP contribution in [0.4, 0.5) is 17.1 Å². The zero-order valence-electron chi connectivity index (χ0n) is 41.6. The smallest absolute Gasteiger partial charge is 0.143 e. The first-order valence-electron chi connectivity index (χ1n) is 26.3. The molecular weight excluding hydrogens is 919 g/mol. The predicted octanol–water partition coefficient (Wildman–Crippen LogP) is 19.1. The average Bonchev–Trinajstić information content (AvgIpc) is 4.26. The third kappa shape index (κ3) is 6.47. The van der Waals surface area contributed by atoms with Gasteiger partial charge in [-0.25, -0.2) is 0 Å². The van der Waals surface area contributed by atoms with E-state index in [0.29, 0.717) is 0 Å². The lowest BCUT2D eigenvalue weighted by Crippen LogP contribution is -2.28.